The summed E-state index contributed by atoms with van der Waals surface area (Å²) in [5, 5.41) is 87.8. The van der Waals surface area contributed by atoms with Gasteiger partial charge in [-0.15, -0.1) is 0 Å². The number of carbonyl (C=O) groups excluding carboxylic acids is 1. The number of unbranched alkanes of at least 4 members (excludes halogenated alkanes) is 42. The van der Waals surface area contributed by atoms with Crippen LogP contribution in [-0.4, -0.2) is 140 Å². The predicted molar refractivity (Wildman–Crippen MR) is 383 cm³/mol. The highest BCUT2D eigenvalue weighted by atomic mass is 16.7. The first-order valence-corrected chi connectivity index (χ1v) is 39.0. The third kappa shape index (κ3) is 46.6. The minimum atomic E-state index is -1.79. The second-order valence-electron chi connectivity index (χ2n) is 27.5. The summed E-state index contributed by atoms with van der Waals surface area (Å²) in [7, 11) is 0. The molecule has 93 heavy (non-hydrogen) atoms. The largest absolute Gasteiger partial charge is 0.394 e. The Kier molecular flexibility index (Phi) is 58.9. The maximum atomic E-state index is 13.4. The Hall–Kier alpha value is -2.31. The van der Waals surface area contributed by atoms with Crippen LogP contribution in [0.1, 0.15) is 341 Å². The van der Waals surface area contributed by atoms with E-state index in [9.17, 15) is 45.6 Å². The van der Waals surface area contributed by atoms with Gasteiger partial charge in [0.15, 0.2) is 12.6 Å². The van der Waals surface area contributed by atoms with Gasteiger partial charge in [-0.05, 0) is 57.8 Å². The van der Waals surface area contributed by atoms with Gasteiger partial charge in [0.05, 0.1) is 32.0 Å². The predicted octanol–water partition coefficient (Wildman–Crippen LogP) is 17.2. The van der Waals surface area contributed by atoms with E-state index in [1.807, 2.05) is 0 Å². The van der Waals surface area contributed by atoms with Crippen molar-refractivity contribution in [3.63, 3.8) is 0 Å². The third-order valence-electron chi connectivity index (χ3n) is 19.0. The smallest absolute Gasteiger partial charge is 0.220 e. The normalized spacial score (nSPS) is 22.9. The molecule has 0 aromatic carbocycles. The van der Waals surface area contributed by atoms with Crippen molar-refractivity contribution in [1.82, 2.24) is 5.32 Å². The van der Waals surface area contributed by atoms with Gasteiger partial charge < -0.3 is 65.1 Å². The molecule has 2 fully saturated rings. The molecule has 0 aromatic rings. The molecule has 0 spiro atoms. The van der Waals surface area contributed by atoms with Gasteiger partial charge >= 0.3 is 0 Å². The van der Waals surface area contributed by atoms with Crippen molar-refractivity contribution < 1.29 is 64.6 Å². The fourth-order valence-electron chi connectivity index (χ4n) is 12.9. The van der Waals surface area contributed by atoms with E-state index in [1.165, 1.54) is 231 Å². The highest BCUT2D eigenvalue weighted by Crippen LogP contribution is 2.30. The van der Waals surface area contributed by atoms with Gasteiger partial charge in [0.1, 0.15) is 48.8 Å². The quantitative estimate of drug-likeness (QED) is 0.0204. The van der Waals surface area contributed by atoms with Crippen LogP contribution in [0, 0.1) is 0 Å². The van der Waals surface area contributed by atoms with Crippen LogP contribution in [0.2, 0.25) is 0 Å². The first-order valence-electron chi connectivity index (χ1n) is 39.0. The van der Waals surface area contributed by atoms with E-state index in [0.717, 1.165) is 83.5 Å². The standard InChI is InChI=1S/C79H145NO13/c1-3-5-7-9-11-13-15-17-19-21-23-25-27-29-31-33-35-36-38-40-42-44-46-48-50-52-54-56-58-60-62-68(83)67(66-90-78-76(89)74(87)77(70(65-82)92-78)93-79-75(88)73(86)72(85)69(64-81)91-79)80-71(84)63-61-59-57-55-53-51-49-47-45-43-41-39-37-34-32-30-28-26-24-22-20-18-16-14-12-10-8-6-4-2/h6,8,12,14,18,20,24,26,30,32,67-70,72-79,81-83,85-89H,3-5,7,9-11,13,15-17,19,21-23,25,27-29,31,33-66H2,1-2H3,(H,80,84)/b8-6-,14-12-,20-18-,26-24-,32-30-. The van der Waals surface area contributed by atoms with E-state index in [1.54, 1.807) is 0 Å². The highest BCUT2D eigenvalue weighted by Gasteiger charge is 2.51. The van der Waals surface area contributed by atoms with Crippen molar-refractivity contribution in [3.8, 4) is 0 Å². The summed E-state index contributed by atoms with van der Waals surface area (Å²) in [5.41, 5.74) is 0. The maximum Gasteiger partial charge on any atom is 0.220 e. The fraction of sp³-hybridized carbons (Fsp3) is 0.861. The van der Waals surface area contributed by atoms with Crippen molar-refractivity contribution in [2.45, 2.75) is 415 Å². The first kappa shape index (κ1) is 86.8. The number of hydrogen-bond donors (Lipinski definition) is 9. The van der Waals surface area contributed by atoms with Crippen LogP contribution in [-0.2, 0) is 23.7 Å². The van der Waals surface area contributed by atoms with E-state index >= 15 is 0 Å². The van der Waals surface area contributed by atoms with E-state index in [-0.39, 0.29) is 12.5 Å². The SMILES string of the molecule is CC/C=C\C/C=C\C/C=C\C/C=C\C/C=C\CCCCCCCCCCCCCCCC(=O)NC(COC1OC(CO)C(OC2OC(CO)C(O)C(O)C2O)C(O)C1O)C(O)CCCCCCCCCCCCCCCCCCCCCCCCCCCCCCCC. The lowest BCUT2D eigenvalue weighted by molar-refractivity contribution is -0.359. The maximum absolute atomic E-state index is 13.4. The molecule has 0 saturated carbocycles. The third-order valence-corrected chi connectivity index (χ3v) is 19.0. The highest BCUT2D eigenvalue weighted by molar-refractivity contribution is 5.76. The molecule has 544 valence electrons. The van der Waals surface area contributed by atoms with Gasteiger partial charge in [-0.2, -0.15) is 0 Å². The summed E-state index contributed by atoms with van der Waals surface area (Å²) < 4.78 is 23.0. The first-order chi connectivity index (χ1) is 45.6. The average Bonchev–Trinajstić information content (AvgIpc) is 0.854. The lowest BCUT2D eigenvalue weighted by Gasteiger charge is -2.46. The van der Waals surface area contributed by atoms with Gasteiger partial charge in [0.25, 0.3) is 0 Å². The second-order valence-corrected chi connectivity index (χ2v) is 27.5. The van der Waals surface area contributed by atoms with E-state index < -0.39 is 86.8 Å². The number of allylic oxidation sites excluding steroid dienone is 10. The van der Waals surface area contributed by atoms with Crippen molar-refractivity contribution >= 4 is 5.91 Å². The molecular weight excluding hydrogens is 1170 g/mol. The summed E-state index contributed by atoms with van der Waals surface area (Å²) >= 11 is 0. The van der Waals surface area contributed by atoms with Crippen molar-refractivity contribution in [2.75, 3.05) is 19.8 Å². The van der Waals surface area contributed by atoms with Crippen LogP contribution in [0.25, 0.3) is 0 Å². The Bertz CT molecular complexity index is 1790. The number of rotatable bonds is 65. The van der Waals surface area contributed by atoms with Crippen molar-refractivity contribution in [1.29, 1.82) is 0 Å². The summed E-state index contributed by atoms with van der Waals surface area (Å²) in [6.07, 6.45) is 68.2. The molecule has 12 unspecified atom stereocenters. The zero-order valence-corrected chi connectivity index (χ0v) is 59.5. The topological polar surface area (TPSA) is 228 Å². The van der Waals surface area contributed by atoms with Gasteiger partial charge in [-0.3, -0.25) is 4.79 Å². The molecule has 14 nitrogen and oxygen atoms in total. The number of aliphatic hydroxyl groups is 8. The van der Waals surface area contributed by atoms with Crippen LogP contribution in [0.5, 0.6) is 0 Å². The van der Waals surface area contributed by atoms with Crippen LogP contribution in [0.4, 0.5) is 0 Å². The second kappa shape index (κ2) is 63.2. The fourth-order valence-corrected chi connectivity index (χ4v) is 12.9. The van der Waals surface area contributed by atoms with Crippen LogP contribution >= 0.6 is 0 Å². The van der Waals surface area contributed by atoms with Gasteiger partial charge in [0, 0.05) is 6.42 Å². The van der Waals surface area contributed by atoms with E-state index in [2.05, 4.69) is 79.9 Å². The summed E-state index contributed by atoms with van der Waals surface area (Å²) in [6, 6.07) is -0.834. The lowest BCUT2D eigenvalue weighted by atomic mass is 9.97. The molecule has 0 aliphatic carbocycles. The minimum Gasteiger partial charge on any atom is -0.394 e. The Balaban J connectivity index is 1.62. The summed E-state index contributed by atoms with van der Waals surface area (Å²) in [6.45, 7) is 2.80. The molecule has 2 heterocycles. The lowest BCUT2D eigenvalue weighted by Crippen LogP contribution is -2.65. The van der Waals surface area contributed by atoms with Gasteiger partial charge in [-0.25, -0.2) is 0 Å². The molecular formula is C79H145NO13. The van der Waals surface area contributed by atoms with Crippen LogP contribution < -0.4 is 5.32 Å². The Morgan fingerprint density at radius 3 is 1.14 bits per heavy atom. The average molecular weight is 1320 g/mol. The molecule has 2 rings (SSSR count). The number of hydrogen-bond acceptors (Lipinski definition) is 13. The summed E-state index contributed by atoms with van der Waals surface area (Å²) in [5.74, 6) is -0.205. The van der Waals surface area contributed by atoms with Gasteiger partial charge in [0.2, 0.25) is 5.91 Å². The molecule has 2 saturated heterocycles. The van der Waals surface area contributed by atoms with Crippen molar-refractivity contribution in [2.24, 2.45) is 0 Å². The Labute approximate surface area is 568 Å². The number of aliphatic hydroxyl groups excluding tert-OH is 8. The zero-order valence-electron chi connectivity index (χ0n) is 59.5. The molecule has 0 bridgehead atoms. The Morgan fingerprint density at radius 2 is 0.742 bits per heavy atom. The van der Waals surface area contributed by atoms with Gasteiger partial charge in [-0.1, -0.05) is 338 Å². The Morgan fingerprint density at radius 1 is 0.398 bits per heavy atom. The monoisotopic (exact) mass is 1320 g/mol. The number of ether oxygens (including phenoxy) is 4. The van der Waals surface area contributed by atoms with Crippen LogP contribution in [0.3, 0.4) is 0 Å². The number of nitrogens with one attached hydrogen (secondary N) is 1. The van der Waals surface area contributed by atoms with E-state index in [0.29, 0.717) is 12.8 Å². The van der Waals surface area contributed by atoms with E-state index in [4.69, 9.17) is 18.9 Å². The molecule has 2 aliphatic rings. The summed E-state index contributed by atoms with van der Waals surface area (Å²) in [4.78, 5) is 13.4. The number of amides is 1. The minimum absolute atomic E-state index is 0.205. The molecule has 12 atom stereocenters. The van der Waals surface area contributed by atoms with Crippen LogP contribution in [0.15, 0.2) is 60.8 Å². The molecule has 0 aromatic heterocycles. The molecule has 0 radical (unpaired) electrons. The molecule has 9 N–H and O–H groups in total. The van der Waals surface area contributed by atoms with Crippen molar-refractivity contribution in [3.05, 3.63) is 60.8 Å². The molecule has 14 heteroatoms. The molecule has 2 aliphatic heterocycles. The zero-order chi connectivity index (χ0) is 67.3. The number of carbonyl (C=O) groups is 1. The molecule has 1 amide bonds.